The van der Waals surface area contributed by atoms with E-state index in [1.165, 1.54) is 110 Å². The van der Waals surface area contributed by atoms with Crippen LogP contribution in [0.25, 0.3) is 44.5 Å². The third-order valence-corrected chi connectivity index (χ3v) is 15.1. The fourth-order valence-electron chi connectivity index (χ4n) is 12.8. The second kappa shape index (κ2) is 11.2. The van der Waals surface area contributed by atoms with Crippen molar-refractivity contribution in [3.8, 4) is 44.5 Å². The number of hydrogen-bond acceptors (Lipinski definition) is 1. The minimum absolute atomic E-state index is 0.0965. The van der Waals surface area contributed by atoms with Crippen LogP contribution in [-0.2, 0) is 16.2 Å². The smallest absolute Gasteiger partial charge is 0.0543 e. The molecule has 12 rings (SSSR count). The van der Waals surface area contributed by atoms with E-state index in [1.54, 1.807) is 11.1 Å². The van der Waals surface area contributed by atoms with Crippen LogP contribution < -0.4 is 4.90 Å². The average Bonchev–Trinajstić information content (AvgIpc) is 4.02. The van der Waals surface area contributed by atoms with Crippen LogP contribution in [0, 0.1) is 11.8 Å². The maximum absolute atomic E-state index is 2.64. The summed E-state index contributed by atoms with van der Waals surface area (Å²) < 4.78 is 0. The molecule has 56 heavy (non-hydrogen) atoms. The molecule has 0 heterocycles. The molecule has 1 nitrogen and oxygen atoms in total. The molecular weight excluding hydrogens is 675 g/mol. The molecule has 2 saturated carbocycles. The first-order valence-electron chi connectivity index (χ1n) is 20.9. The Morgan fingerprint density at radius 2 is 1.00 bits per heavy atom. The van der Waals surface area contributed by atoms with E-state index in [-0.39, 0.29) is 16.2 Å². The van der Waals surface area contributed by atoms with E-state index >= 15 is 0 Å². The van der Waals surface area contributed by atoms with Crippen LogP contribution in [0.5, 0.6) is 0 Å². The topological polar surface area (TPSA) is 3.24 Å². The van der Waals surface area contributed by atoms with E-state index in [0.29, 0.717) is 5.92 Å². The summed E-state index contributed by atoms with van der Waals surface area (Å²) in [5.74, 6) is 1.53. The van der Waals surface area contributed by atoms with Crippen LogP contribution in [0.15, 0.2) is 152 Å². The molecule has 2 fully saturated rings. The van der Waals surface area contributed by atoms with Gasteiger partial charge in [-0.25, -0.2) is 0 Å². The lowest BCUT2D eigenvalue weighted by Gasteiger charge is -2.37. The fourth-order valence-corrected chi connectivity index (χ4v) is 12.8. The van der Waals surface area contributed by atoms with Crippen molar-refractivity contribution in [2.24, 2.45) is 11.8 Å². The van der Waals surface area contributed by atoms with Gasteiger partial charge in [0.05, 0.1) is 11.4 Å². The Balaban J connectivity index is 1.14. The minimum Gasteiger partial charge on any atom is -0.309 e. The summed E-state index contributed by atoms with van der Waals surface area (Å²) in [6.45, 7) is 9.63. The summed E-state index contributed by atoms with van der Waals surface area (Å²) >= 11 is 0. The monoisotopic (exact) mass is 721 g/mol. The van der Waals surface area contributed by atoms with Crippen molar-refractivity contribution in [1.29, 1.82) is 0 Å². The molecular formula is C55H47N. The maximum atomic E-state index is 2.64. The van der Waals surface area contributed by atoms with Gasteiger partial charge in [0.2, 0.25) is 0 Å². The molecule has 0 saturated heterocycles. The molecule has 0 aromatic heterocycles. The van der Waals surface area contributed by atoms with Crippen molar-refractivity contribution in [2.45, 2.75) is 69.6 Å². The van der Waals surface area contributed by atoms with Crippen LogP contribution in [0.3, 0.4) is 0 Å². The summed E-state index contributed by atoms with van der Waals surface area (Å²) in [5.41, 5.74) is 23.2. The van der Waals surface area contributed by atoms with Crippen LogP contribution in [0.2, 0.25) is 0 Å². The summed E-state index contributed by atoms with van der Waals surface area (Å²) in [6, 6.07) is 58.4. The fraction of sp³-hybridized carbons (Fsp3) is 0.236. The molecule has 1 heteroatoms. The molecule has 0 radical (unpaired) electrons. The minimum atomic E-state index is -0.134. The number of benzene rings is 7. The van der Waals surface area contributed by atoms with Gasteiger partial charge in [-0.2, -0.15) is 0 Å². The Labute approximate surface area is 331 Å². The predicted molar refractivity (Wildman–Crippen MR) is 233 cm³/mol. The zero-order chi connectivity index (χ0) is 37.6. The second-order valence-electron chi connectivity index (χ2n) is 18.4. The van der Waals surface area contributed by atoms with Crippen molar-refractivity contribution in [3.63, 3.8) is 0 Å². The summed E-state index contributed by atoms with van der Waals surface area (Å²) in [5, 5.41) is 0. The van der Waals surface area contributed by atoms with Crippen LogP contribution in [0.1, 0.15) is 86.8 Å². The number of para-hydroxylation sites is 1. The number of anilines is 3. The molecule has 3 unspecified atom stereocenters. The summed E-state index contributed by atoms with van der Waals surface area (Å²) in [6.07, 6.45) is 5.36. The summed E-state index contributed by atoms with van der Waals surface area (Å²) in [4.78, 5) is 2.64. The van der Waals surface area contributed by atoms with E-state index in [4.69, 9.17) is 0 Å². The number of nitrogens with zero attached hydrogens (tertiary/aromatic N) is 1. The molecule has 7 aromatic rings. The third kappa shape index (κ3) is 4.06. The average molecular weight is 722 g/mol. The normalized spacial score (nSPS) is 22.0. The predicted octanol–water partition coefficient (Wildman–Crippen LogP) is 14.5. The first-order chi connectivity index (χ1) is 27.3. The van der Waals surface area contributed by atoms with Crippen molar-refractivity contribution in [1.82, 2.24) is 0 Å². The van der Waals surface area contributed by atoms with E-state index in [9.17, 15) is 0 Å². The SMILES string of the molecule is CC1(C)c2ccccc2-c2c(N(c3ccc4c(c3)C3(CC5CCC3C5)c3ccccc3-4)c3ccccc3-c3cccc4c3C(C)(C)c3ccccc3-4)cccc21. The van der Waals surface area contributed by atoms with Crippen LogP contribution in [0.4, 0.5) is 17.1 Å². The van der Waals surface area contributed by atoms with E-state index in [0.717, 1.165) is 5.92 Å². The van der Waals surface area contributed by atoms with Crippen LogP contribution in [-0.4, -0.2) is 0 Å². The first kappa shape index (κ1) is 32.6. The molecule has 5 aliphatic carbocycles. The van der Waals surface area contributed by atoms with Crippen molar-refractivity contribution >= 4 is 17.1 Å². The number of fused-ring (bicyclic) bond motifs is 14. The molecule has 5 aliphatic rings. The van der Waals surface area contributed by atoms with Gasteiger partial charge < -0.3 is 4.90 Å². The van der Waals surface area contributed by atoms with Gasteiger partial charge in [0.25, 0.3) is 0 Å². The van der Waals surface area contributed by atoms with Crippen molar-refractivity contribution < 1.29 is 0 Å². The lowest BCUT2D eigenvalue weighted by atomic mass is 9.67. The van der Waals surface area contributed by atoms with Gasteiger partial charge in [-0.3, -0.25) is 0 Å². The van der Waals surface area contributed by atoms with Gasteiger partial charge in [0.1, 0.15) is 0 Å². The highest BCUT2D eigenvalue weighted by molar-refractivity contribution is 6.00. The molecule has 0 amide bonds. The van der Waals surface area contributed by atoms with Gasteiger partial charge in [-0.05, 0) is 122 Å². The Hall–Kier alpha value is -5.66. The highest BCUT2D eigenvalue weighted by atomic mass is 15.1. The molecule has 3 atom stereocenters. The van der Waals surface area contributed by atoms with Gasteiger partial charge in [-0.1, -0.05) is 162 Å². The lowest BCUT2D eigenvalue weighted by Crippen LogP contribution is -2.32. The molecule has 2 bridgehead atoms. The van der Waals surface area contributed by atoms with Gasteiger partial charge in [0, 0.05) is 33.1 Å². The first-order valence-corrected chi connectivity index (χ1v) is 20.9. The van der Waals surface area contributed by atoms with E-state index in [2.05, 4.69) is 184 Å². The molecule has 1 spiro atoms. The Morgan fingerprint density at radius 3 is 1.73 bits per heavy atom. The van der Waals surface area contributed by atoms with Crippen molar-refractivity contribution in [2.75, 3.05) is 4.90 Å². The Kier molecular flexibility index (Phi) is 6.53. The number of hydrogen-bond donors (Lipinski definition) is 0. The third-order valence-electron chi connectivity index (χ3n) is 15.1. The van der Waals surface area contributed by atoms with E-state index in [1.807, 2.05) is 0 Å². The largest absolute Gasteiger partial charge is 0.309 e. The Morgan fingerprint density at radius 1 is 0.446 bits per heavy atom. The van der Waals surface area contributed by atoms with Gasteiger partial charge >= 0.3 is 0 Å². The highest BCUT2D eigenvalue weighted by Gasteiger charge is 2.57. The highest BCUT2D eigenvalue weighted by Crippen LogP contribution is 2.66. The zero-order valence-electron chi connectivity index (χ0n) is 32.9. The van der Waals surface area contributed by atoms with Crippen LogP contribution >= 0.6 is 0 Å². The van der Waals surface area contributed by atoms with Gasteiger partial charge in [-0.15, -0.1) is 0 Å². The molecule has 0 N–H and O–H groups in total. The lowest BCUT2D eigenvalue weighted by molar-refractivity contribution is 0.327. The number of rotatable bonds is 4. The zero-order valence-corrected chi connectivity index (χ0v) is 32.9. The quantitative estimate of drug-likeness (QED) is 0.175. The van der Waals surface area contributed by atoms with E-state index < -0.39 is 0 Å². The van der Waals surface area contributed by atoms with Crippen molar-refractivity contribution in [3.05, 3.63) is 185 Å². The second-order valence-corrected chi connectivity index (χ2v) is 18.4. The maximum Gasteiger partial charge on any atom is 0.0543 e. The standard InChI is InChI=1S/C55H47N/c1-53(2)45-22-10-7-18-43(45)51-47(53)24-14-26-50(51)56(36-29-30-39-37-15-6-11-23-46(37)55(48(39)32-36)33-34-27-28-35(55)31-34)49-25-12-8-17-40(49)42-20-13-19-41-38-16-5-9-21-44(38)54(3,4)52(41)42/h5-26,29-30,32,34-35H,27-28,31,33H2,1-4H3. The molecule has 272 valence electrons. The Bertz CT molecular complexity index is 2800. The molecule has 0 aliphatic heterocycles. The van der Waals surface area contributed by atoms with Gasteiger partial charge in [0.15, 0.2) is 0 Å². The molecule has 7 aromatic carbocycles. The summed E-state index contributed by atoms with van der Waals surface area (Å²) in [7, 11) is 0.